The molecule has 1 aliphatic carbocycles. The van der Waals surface area contributed by atoms with Crippen LogP contribution in [-0.2, 0) is 20.9 Å². The molecule has 0 atom stereocenters. The number of hydrogen-bond acceptors (Lipinski definition) is 4. The Labute approximate surface area is 172 Å². The normalized spacial score (nSPS) is 14.3. The number of ether oxygens (including phenoxy) is 1. The first-order valence-corrected chi connectivity index (χ1v) is 10.5. The molecule has 2 rings (SSSR count). The molecule has 2 amide bonds. The largest absolute Gasteiger partial charge is 0.462 e. The van der Waals surface area contributed by atoms with E-state index in [4.69, 9.17) is 4.74 Å². The molecule has 2 N–H and O–H groups in total. The monoisotopic (exact) mass is 403 g/mol. The van der Waals surface area contributed by atoms with Crippen molar-refractivity contribution in [3.05, 3.63) is 28.6 Å². The minimum Gasteiger partial charge on any atom is -0.462 e. The van der Waals surface area contributed by atoms with E-state index in [2.05, 4.69) is 10.6 Å². The van der Waals surface area contributed by atoms with E-state index in [0.717, 1.165) is 30.8 Å². The van der Waals surface area contributed by atoms with Crippen LogP contribution in [0.25, 0.3) is 6.08 Å². The summed E-state index contributed by atoms with van der Waals surface area (Å²) < 4.78 is 7.21. The van der Waals surface area contributed by atoms with Gasteiger partial charge < -0.3 is 19.9 Å². The van der Waals surface area contributed by atoms with Crippen LogP contribution in [0.5, 0.6) is 0 Å². The van der Waals surface area contributed by atoms with Crippen LogP contribution in [0.4, 0.5) is 0 Å². The van der Waals surface area contributed by atoms with Gasteiger partial charge in [-0.2, -0.15) is 0 Å². The SMILES string of the molecule is CCOC(=O)c1c(/C=C/C(=O)NCCC(=O)NC2CCCC2)c(C)n(CC)c1C. The van der Waals surface area contributed by atoms with Crippen molar-refractivity contribution in [3.63, 3.8) is 0 Å². The van der Waals surface area contributed by atoms with Crippen LogP contribution in [0.1, 0.15) is 73.3 Å². The molecule has 0 radical (unpaired) electrons. The maximum absolute atomic E-state index is 12.4. The number of aromatic nitrogens is 1. The van der Waals surface area contributed by atoms with E-state index in [9.17, 15) is 14.4 Å². The van der Waals surface area contributed by atoms with Gasteiger partial charge in [-0.25, -0.2) is 4.79 Å². The Morgan fingerprint density at radius 1 is 1.14 bits per heavy atom. The molecule has 0 saturated heterocycles. The number of hydrogen-bond donors (Lipinski definition) is 2. The first-order valence-electron chi connectivity index (χ1n) is 10.5. The number of carbonyl (C=O) groups is 3. The molecule has 1 fully saturated rings. The van der Waals surface area contributed by atoms with Crippen LogP contribution in [0.2, 0.25) is 0 Å². The third-order valence-corrected chi connectivity index (χ3v) is 5.40. The van der Waals surface area contributed by atoms with Crippen LogP contribution >= 0.6 is 0 Å². The van der Waals surface area contributed by atoms with Gasteiger partial charge in [0.25, 0.3) is 0 Å². The molecule has 0 bridgehead atoms. The molecule has 7 heteroatoms. The van der Waals surface area contributed by atoms with E-state index in [1.54, 1.807) is 13.0 Å². The fraction of sp³-hybridized carbons (Fsp3) is 0.591. The van der Waals surface area contributed by atoms with E-state index in [0.29, 0.717) is 17.7 Å². The number of rotatable bonds is 9. The van der Waals surface area contributed by atoms with Gasteiger partial charge in [-0.3, -0.25) is 9.59 Å². The highest BCUT2D eigenvalue weighted by molar-refractivity contribution is 5.98. The second-order valence-electron chi connectivity index (χ2n) is 7.35. The summed E-state index contributed by atoms with van der Waals surface area (Å²) in [6, 6.07) is 0.285. The Bertz CT molecular complexity index is 774. The van der Waals surface area contributed by atoms with Crippen molar-refractivity contribution in [3.8, 4) is 0 Å². The van der Waals surface area contributed by atoms with Gasteiger partial charge in [0.15, 0.2) is 0 Å². The maximum Gasteiger partial charge on any atom is 0.340 e. The van der Waals surface area contributed by atoms with Crippen molar-refractivity contribution in [1.29, 1.82) is 0 Å². The van der Waals surface area contributed by atoms with Crippen LogP contribution in [0, 0.1) is 13.8 Å². The Hall–Kier alpha value is -2.57. The quantitative estimate of drug-likeness (QED) is 0.490. The predicted octanol–water partition coefficient (Wildman–Crippen LogP) is 2.88. The smallest absolute Gasteiger partial charge is 0.340 e. The van der Waals surface area contributed by atoms with Crippen molar-refractivity contribution in [2.75, 3.05) is 13.2 Å². The van der Waals surface area contributed by atoms with Gasteiger partial charge in [-0.1, -0.05) is 12.8 Å². The highest BCUT2D eigenvalue weighted by Crippen LogP contribution is 2.25. The van der Waals surface area contributed by atoms with Crippen molar-refractivity contribution < 1.29 is 19.1 Å². The zero-order valence-corrected chi connectivity index (χ0v) is 18.0. The number of nitrogens with zero attached hydrogens (tertiary/aromatic N) is 1. The summed E-state index contributed by atoms with van der Waals surface area (Å²) in [6.45, 7) is 8.86. The molecule has 1 aromatic rings. The molecular formula is C22H33N3O4. The number of nitrogens with one attached hydrogen (secondary N) is 2. The molecule has 1 aliphatic rings. The number of carbonyl (C=O) groups excluding carboxylic acids is 3. The fourth-order valence-electron chi connectivity index (χ4n) is 3.93. The topological polar surface area (TPSA) is 89.4 Å². The summed E-state index contributed by atoms with van der Waals surface area (Å²) >= 11 is 0. The third kappa shape index (κ3) is 5.95. The van der Waals surface area contributed by atoms with E-state index in [-0.39, 0.29) is 36.8 Å². The van der Waals surface area contributed by atoms with Crippen LogP contribution < -0.4 is 10.6 Å². The lowest BCUT2D eigenvalue weighted by molar-refractivity contribution is -0.121. The van der Waals surface area contributed by atoms with Gasteiger partial charge in [0.2, 0.25) is 11.8 Å². The molecule has 29 heavy (non-hydrogen) atoms. The molecule has 0 aliphatic heterocycles. The molecule has 7 nitrogen and oxygen atoms in total. The molecule has 0 unspecified atom stereocenters. The second kappa shape index (κ2) is 10.8. The molecule has 1 aromatic heterocycles. The fourth-order valence-corrected chi connectivity index (χ4v) is 3.93. The third-order valence-electron chi connectivity index (χ3n) is 5.40. The second-order valence-corrected chi connectivity index (χ2v) is 7.35. The average molecular weight is 404 g/mol. The summed E-state index contributed by atoms with van der Waals surface area (Å²) in [5, 5.41) is 5.73. The Morgan fingerprint density at radius 3 is 2.45 bits per heavy atom. The number of esters is 1. The molecule has 0 spiro atoms. The standard InChI is InChI=1S/C22H33N3O4/c1-5-25-15(3)18(21(16(25)4)22(28)29-6-2)11-12-19(26)23-14-13-20(27)24-17-9-7-8-10-17/h11-12,17H,5-10,13-14H2,1-4H3,(H,23,26)(H,24,27)/b12-11+. The Kier molecular flexibility index (Phi) is 8.49. The van der Waals surface area contributed by atoms with Crippen molar-refractivity contribution in [1.82, 2.24) is 15.2 Å². The minimum atomic E-state index is -0.385. The average Bonchev–Trinajstić information content (AvgIpc) is 3.26. The Morgan fingerprint density at radius 2 is 1.83 bits per heavy atom. The molecular weight excluding hydrogens is 370 g/mol. The lowest BCUT2D eigenvalue weighted by Crippen LogP contribution is -2.35. The highest BCUT2D eigenvalue weighted by Gasteiger charge is 2.22. The van der Waals surface area contributed by atoms with E-state index in [1.807, 2.05) is 25.3 Å². The predicted molar refractivity (Wildman–Crippen MR) is 113 cm³/mol. The van der Waals surface area contributed by atoms with Crippen LogP contribution in [0.15, 0.2) is 6.08 Å². The van der Waals surface area contributed by atoms with Gasteiger partial charge in [-0.05, 0) is 46.6 Å². The minimum absolute atomic E-state index is 0.0303. The molecule has 1 saturated carbocycles. The Balaban J connectivity index is 1.96. The van der Waals surface area contributed by atoms with Gasteiger partial charge in [0, 0.05) is 48.6 Å². The summed E-state index contributed by atoms with van der Waals surface area (Å²) in [7, 11) is 0. The van der Waals surface area contributed by atoms with E-state index < -0.39 is 0 Å². The van der Waals surface area contributed by atoms with Crippen molar-refractivity contribution in [2.24, 2.45) is 0 Å². The molecule has 1 heterocycles. The first-order chi connectivity index (χ1) is 13.9. The lowest BCUT2D eigenvalue weighted by atomic mass is 10.1. The summed E-state index contributed by atoms with van der Waals surface area (Å²) in [6.07, 6.45) is 7.72. The van der Waals surface area contributed by atoms with Crippen molar-refractivity contribution in [2.45, 2.75) is 72.4 Å². The van der Waals surface area contributed by atoms with Gasteiger partial charge in [0.05, 0.1) is 12.2 Å². The first kappa shape index (κ1) is 22.7. The van der Waals surface area contributed by atoms with Crippen LogP contribution in [-0.4, -0.2) is 41.5 Å². The summed E-state index contributed by atoms with van der Waals surface area (Å²) in [5.74, 6) is -0.712. The zero-order valence-electron chi connectivity index (χ0n) is 18.0. The molecule has 160 valence electrons. The maximum atomic E-state index is 12.4. The van der Waals surface area contributed by atoms with Crippen molar-refractivity contribution >= 4 is 23.9 Å². The number of amides is 2. The molecule has 0 aromatic carbocycles. The summed E-state index contributed by atoms with van der Waals surface area (Å²) in [4.78, 5) is 36.5. The van der Waals surface area contributed by atoms with E-state index in [1.165, 1.54) is 18.9 Å². The van der Waals surface area contributed by atoms with E-state index >= 15 is 0 Å². The summed E-state index contributed by atoms with van der Waals surface area (Å²) in [5.41, 5.74) is 2.92. The van der Waals surface area contributed by atoms with Gasteiger partial charge >= 0.3 is 5.97 Å². The van der Waals surface area contributed by atoms with Gasteiger partial charge in [-0.15, -0.1) is 0 Å². The zero-order chi connectivity index (χ0) is 21.4. The lowest BCUT2D eigenvalue weighted by Gasteiger charge is -2.11. The highest BCUT2D eigenvalue weighted by atomic mass is 16.5. The van der Waals surface area contributed by atoms with Gasteiger partial charge in [0.1, 0.15) is 0 Å². The van der Waals surface area contributed by atoms with Crippen LogP contribution in [0.3, 0.4) is 0 Å².